The third-order valence-corrected chi connectivity index (χ3v) is 4.08. The zero-order chi connectivity index (χ0) is 15.9. The lowest BCUT2D eigenvalue weighted by atomic mass is 9.95. The second kappa shape index (κ2) is 14.4. The average molecular weight is 295 g/mol. The van der Waals surface area contributed by atoms with E-state index in [9.17, 15) is 5.11 Å². The molecule has 0 aliphatic heterocycles. The molecule has 0 bridgehead atoms. The van der Waals surface area contributed by atoms with Gasteiger partial charge in [0.25, 0.3) is 0 Å². The van der Waals surface area contributed by atoms with E-state index in [4.69, 9.17) is 0 Å². The number of unbranched alkanes of at least 4 members (excludes halogenated alkanes) is 6. The molecular formula is C20H38O. The van der Waals surface area contributed by atoms with Crippen molar-refractivity contribution in [3.63, 3.8) is 0 Å². The standard InChI is InChI=1S/C20H38O/c1-5-6-7-8-9-10-11-12-16-20(21)17-19(4)15-13-14-18(2)3/h5,14,19-21H,1,6-13,15-17H2,2-4H3. The first-order valence-corrected chi connectivity index (χ1v) is 8.98. The highest BCUT2D eigenvalue weighted by Crippen LogP contribution is 2.18. The second-order valence-corrected chi connectivity index (χ2v) is 6.84. The van der Waals surface area contributed by atoms with E-state index >= 15 is 0 Å². The molecule has 0 saturated heterocycles. The molecule has 0 aliphatic carbocycles. The number of rotatable bonds is 14. The molecule has 0 aliphatic rings. The first-order valence-electron chi connectivity index (χ1n) is 8.98. The molecule has 0 spiro atoms. The van der Waals surface area contributed by atoms with Gasteiger partial charge in [0.15, 0.2) is 0 Å². The van der Waals surface area contributed by atoms with Crippen molar-refractivity contribution in [2.45, 2.75) is 97.5 Å². The van der Waals surface area contributed by atoms with Crippen molar-refractivity contribution >= 4 is 0 Å². The van der Waals surface area contributed by atoms with Crippen LogP contribution in [0.3, 0.4) is 0 Å². The first kappa shape index (κ1) is 20.4. The summed E-state index contributed by atoms with van der Waals surface area (Å²) < 4.78 is 0. The van der Waals surface area contributed by atoms with Crippen LogP contribution >= 0.6 is 0 Å². The van der Waals surface area contributed by atoms with Crippen LogP contribution in [-0.2, 0) is 0 Å². The van der Waals surface area contributed by atoms with Crippen LogP contribution in [0, 0.1) is 5.92 Å². The van der Waals surface area contributed by atoms with Gasteiger partial charge in [-0.15, -0.1) is 6.58 Å². The van der Waals surface area contributed by atoms with Crippen molar-refractivity contribution in [1.82, 2.24) is 0 Å². The number of aliphatic hydroxyl groups excluding tert-OH is 1. The minimum atomic E-state index is -0.0903. The van der Waals surface area contributed by atoms with Gasteiger partial charge >= 0.3 is 0 Å². The summed E-state index contributed by atoms with van der Waals surface area (Å²) >= 11 is 0. The summed E-state index contributed by atoms with van der Waals surface area (Å²) in [4.78, 5) is 0. The van der Waals surface area contributed by atoms with Gasteiger partial charge in [-0.3, -0.25) is 0 Å². The van der Waals surface area contributed by atoms with E-state index in [0.717, 1.165) is 25.7 Å². The third kappa shape index (κ3) is 15.6. The summed E-state index contributed by atoms with van der Waals surface area (Å²) in [5.74, 6) is 0.634. The van der Waals surface area contributed by atoms with Gasteiger partial charge in [-0.25, -0.2) is 0 Å². The average Bonchev–Trinajstić information content (AvgIpc) is 2.41. The van der Waals surface area contributed by atoms with Gasteiger partial charge in [0.2, 0.25) is 0 Å². The minimum Gasteiger partial charge on any atom is -0.393 e. The fourth-order valence-corrected chi connectivity index (χ4v) is 2.73. The zero-order valence-electron chi connectivity index (χ0n) is 14.7. The van der Waals surface area contributed by atoms with Crippen LogP contribution < -0.4 is 0 Å². The Hall–Kier alpha value is -0.560. The largest absolute Gasteiger partial charge is 0.393 e. The molecule has 1 N–H and O–H groups in total. The Morgan fingerprint density at radius 1 is 0.952 bits per heavy atom. The van der Waals surface area contributed by atoms with Crippen LogP contribution in [0.15, 0.2) is 24.3 Å². The van der Waals surface area contributed by atoms with E-state index < -0.39 is 0 Å². The molecule has 0 fully saturated rings. The normalized spacial score (nSPS) is 13.7. The molecule has 0 aromatic heterocycles. The quantitative estimate of drug-likeness (QED) is 0.289. The van der Waals surface area contributed by atoms with E-state index in [1.807, 2.05) is 6.08 Å². The number of allylic oxidation sites excluding steroid dienone is 3. The van der Waals surface area contributed by atoms with Crippen molar-refractivity contribution in [2.24, 2.45) is 5.92 Å². The molecule has 0 rings (SSSR count). The van der Waals surface area contributed by atoms with Gasteiger partial charge in [0.05, 0.1) is 6.10 Å². The Morgan fingerprint density at radius 2 is 1.57 bits per heavy atom. The lowest BCUT2D eigenvalue weighted by Crippen LogP contribution is -2.11. The van der Waals surface area contributed by atoms with Gasteiger partial charge in [-0.05, 0) is 58.3 Å². The Balaban J connectivity index is 3.42. The molecule has 21 heavy (non-hydrogen) atoms. The highest BCUT2D eigenvalue weighted by Gasteiger charge is 2.09. The number of hydrogen-bond donors (Lipinski definition) is 1. The molecule has 0 aromatic carbocycles. The van der Waals surface area contributed by atoms with Crippen LogP contribution in [0.1, 0.15) is 91.4 Å². The lowest BCUT2D eigenvalue weighted by molar-refractivity contribution is 0.131. The fraction of sp³-hybridized carbons (Fsp3) is 0.800. The van der Waals surface area contributed by atoms with Gasteiger partial charge in [-0.2, -0.15) is 0 Å². The maximum absolute atomic E-state index is 10.1. The first-order chi connectivity index (χ1) is 10.1. The fourth-order valence-electron chi connectivity index (χ4n) is 2.73. The summed E-state index contributed by atoms with van der Waals surface area (Å²) in [6, 6.07) is 0. The predicted octanol–water partition coefficient (Wildman–Crippen LogP) is 6.43. The van der Waals surface area contributed by atoms with Crippen LogP contribution in [-0.4, -0.2) is 11.2 Å². The van der Waals surface area contributed by atoms with Crippen molar-refractivity contribution < 1.29 is 5.11 Å². The smallest absolute Gasteiger partial charge is 0.0542 e. The van der Waals surface area contributed by atoms with E-state index in [0.29, 0.717) is 5.92 Å². The summed E-state index contributed by atoms with van der Waals surface area (Å²) in [6.07, 6.45) is 17.4. The Bertz CT molecular complexity index is 263. The monoisotopic (exact) mass is 294 g/mol. The third-order valence-electron chi connectivity index (χ3n) is 4.08. The molecule has 0 saturated carbocycles. The Kier molecular flexibility index (Phi) is 14.0. The second-order valence-electron chi connectivity index (χ2n) is 6.84. The van der Waals surface area contributed by atoms with Crippen LogP contribution in [0.2, 0.25) is 0 Å². The van der Waals surface area contributed by atoms with Gasteiger partial charge in [0, 0.05) is 0 Å². The summed E-state index contributed by atoms with van der Waals surface area (Å²) in [5.41, 5.74) is 1.40. The number of hydrogen-bond acceptors (Lipinski definition) is 1. The molecule has 0 heterocycles. The Morgan fingerprint density at radius 3 is 2.19 bits per heavy atom. The lowest BCUT2D eigenvalue weighted by Gasteiger charge is -2.15. The van der Waals surface area contributed by atoms with E-state index in [-0.39, 0.29) is 6.10 Å². The van der Waals surface area contributed by atoms with Crippen molar-refractivity contribution in [3.05, 3.63) is 24.3 Å². The van der Waals surface area contributed by atoms with Gasteiger partial charge < -0.3 is 5.11 Å². The van der Waals surface area contributed by atoms with E-state index in [1.54, 1.807) is 0 Å². The topological polar surface area (TPSA) is 20.2 Å². The SMILES string of the molecule is C=CCCCCCCCCC(O)CC(C)CCC=C(C)C. The molecule has 1 heteroatoms. The highest BCUT2D eigenvalue weighted by molar-refractivity contribution is 4.92. The van der Waals surface area contributed by atoms with Crippen molar-refractivity contribution in [1.29, 1.82) is 0 Å². The maximum Gasteiger partial charge on any atom is 0.0542 e. The minimum absolute atomic E-state index is 0.0903. The summed E-state index contributed by atoms with van der Waals surface area (Å²) in [7, 11) is 0. The van der Waals surface area contributed by atoms with Crippen molar-refractivity contribution in [2.75, 3.05) is 0 Å². The van der Waals surface area contributed by atoms with Crippen LogP contribution in [0.5, 0.6) is 0 Å². The van der Waals surface area contributed by atoms with E-state index in [2.05, 4.69) is 33.4 Å². The molecular weight excluding hydrogens is 256 g/mol. The Labute approximate surface area is 133 Å². The molecule has 0 radical (unpaired) electrons. The van der Waals surface area contributed by atoms with Crippen molar-refractivity contribution in [3.8, 4) is 0 Å². The highest BCUT2D eigenvalue weighted by atomic mass is 16.3. The molecule has 0 aromatic rings. The van der Waals surface area contributed by atoms with Gasteiger partial charge in [0.1, 0.15) is 0 Å². The number of aliphatic hydroxyl groups is 1. The zero-order valence-corrected chi connectivity index (χ0v) is 14.7. The van der Waals surface area contributed by atoms with Crippen LogP contribution in [0.25, 0.3) is 0 Å². The van der Waals surface area contributed by atoms with Crippen LogP contribution in [0.4, 0.5) is 0 Å². The molecule has 2 unspecified atom stereocenters. The summed E-state index contributed by atoms with van der Waals surface area (Å²) in [6.45, 7) is 10.3. The van der Waals surface area contributed by atoms with Gasteiger partial charge in [-0.1, -0.05) is 56.8 Å². The van der Waals surface area contributed by atoms with E-state index in [1.165, 1.54) is 50.5 Å². The maximum atomic E-state index is 10.1. The molecule has 1 nitrogen and oxygen atoms in total. The predicted molar refractivity (Wildman–Crippen MR) is 95.6 cm³/mol. The molecule has 2 atom stereocenters. The summed E-state index contributed by atoms with van der Waals surface area (Å²) in [5, 5.41) is 10.1. The molecule has 0 amide bonds. The molecule has 124 valence electrons.